The summed E-state index contributed by atoms with van der Waals surface area (Å²) in [6.07, 6.45) is 0. The van der Waals surface area contributed by atoms with Crippen LogP contribution in [0.25, 0.3) is 21.9 Å². The fraction of sp³-hybridized carbons (Fsp3) is 0.158. The van der Waals surface area contributed by atoms with Crippen LogP contribution in [-0.4, -0.2) is 26.1 Å². The predicted octanol–water partition coefficient (Wildman–Crippen LogP) is 3.96. The minimum atomic E-state index is 0.184. The lowest BCUT2D eigenvalue weighted by Crippen LogP contribution is -2.10. The molecule has 0 saturated heterocycles. The Morgan fingerprint density at radius 1 is 0.833 bits per heavy atom. The van der Waals surface area contributed by atoms with Gasteiger partial charge in [-0.15, -0.1) is 0 Å². The lowest BCUT2D eigenvalue weighted by Gasteiger charge is -2.20. The highest BCUT2D eigenvalue weighted by Gasteiger charge is 2.18. The fourth-order valence-corrected chi connectivity index (χ4v) is 2.99. The van der Waals surface area contributed by atoms with Gasteiger partial charge in [0.1, 0.15) is 17.2 Å². The summed E-state index contributed by atoms with van der Waals surface area (Å²) in [4.78, 5) is 0. The van der Waals surface area contributed by atoms with Gasteiger partial charge in [0.05, 0.1) is 14.2 Å². The number of ether oxygens (including phenoxy) is 4. The summed E-state index contributed by atoms with van der Waals surface area (Å²) in [6, 6.07) is 12.9. The molecule has 1 aliphatic rings. The molecule has 5 heteroatoms. The Hall–Kier alpha value is -3.08. The number of rotatable bonds is 3. The molecule has 0 spiro atoms. The number of fused-ring (bicyclic) bond motifs is 3. The van der Waals surface area contributed by atoms with E-state index in [1.165, 1.54) is 0 Å². The van der Waals surface area contributed by atoms with Crippen LogP contribution in [0.1, 0.15) is 0 Å². The normalized spacial score (nSPS) is 12.4. The van der Waals surface area contributed by atoms with Crippen LogP contribution in [0.3, 0.4) is 0 Å². The zero-order valence-electron chi connectivity index (χ0n) is 13.3. The van der Waals surface area contributed by atoms with Gasteiger partial charge in [-0.2, -0.15) is 0 Å². The highest BCUT2D eigenvalue weighted by atomic mass is 16.7. The van der Waals surface area contributed by atoms with Crippen LogP contribution in [0.4, 0.5) is 0 Å². The molecule has 2 bridgehead atoms. The second kappa shape index (κ2) is 5.53. The zero-order valence-corrected chi connectivity index (χ0v) is 13.3. The monoisotopic (exact) mass is 324 g/mol. The van der Waals surface area contributed by atoms with E-state index in [1.54, 1.807) is 26.4 Å². The highest BCUT2D eigenvalue weighted by molar-refractivity contribution is 6.02. The van der Waals surface area contributed by atoms with Gasteiger partial charge in [0.2, 0.25) is 6.79 Å². The van der Waals surface area contributed by atoms with Crippen molar-refractivity contribution in [2.75, 3.05) is 21.0 Å². The van der Waals surface area contributed by atoms with Crippen molar-refractivity contribution in [1.29, 1.82) is 0 Å². The standard InChI is InChI=1S/C19H16O5/c1-21-18-8-14-12(5-6-16(20)15(14)9-19(18)22-2)13-4-3-11-7-17(13)24-10-23-11/h3-9,20H,10H2,1-2H3. The maximum absolute atomic E-state index is 10.3. The first-order chi connectivity index (χ1) is 11.7. The maximum atomic E-state index is 10.3. The molecule has 0 radical (unpaired) electrons. The number of methoxy groups -OCH3 is 2. The van der Waals surface area contributed by atoms with E-state index in [1.807, 2.05) is 30.3 Å². The van der Waals surface area contributed by atoms with Gasteiger partial charge in [-0.25, -0.2) is 0 Å². The second-order valence-electron chi connectivity index (χ2n) is 5.45. The Morgan fingerprint density at radius 2 is 1.54 bits per heavy atom. The smallest absolute Gasteiger partial charge is 0.230 e. The third-order valence-corrected chi connectivity index (χ3v) is 4.18. The van der Waals surface area contributed by atoms with Crippen molar-refractivity contribution in [3.63, 3.8) is 0 Å². The van der Waals surface area contributed by atoms with Gasteiger partial charge in [-0.3, -0.25) is 0 Å². The summed E-state index contributed by atoms with van der Waals surface area (Å²) in [6.45, 7) is 0.197. The van der Waals surface area contributed by atoms with E-state index in [9.17, 15) is 5.11 Å². The van der Waals surface area contributed by atoms with Crippen molar-refractivity contribution < 1.29 is 24.1 Å². The molecule has 122 valence electrons. The molecule has 3 aromatic rings. The molecule has 1 heterocycles. The quantitative estimate of drug-likeness (QED) is 0.790. The molecular weight excluding hydrogens is 308 g/mol. The van der Waals surface area contributed by atoms with Crippen LogP contribution in [-0.2, 0) is 0 Å². The molecule has 4 rings (SSSR count). The van der Waals surface area contributed by atoms with Crippen LogP contribution in [0, 0.1) is 0 Å². The van der Waals surface area contributed by atoms with Gasteiger partial charge in [0.25, 0.3) is 0 Å². The number of phenols is 1. The molecular formula is C19H16O5. The van der Waals surface area contributed by atoms with Gasteiger partial charge >= 0.3 is 0 Å². The molecule has 3 aromatic carbocycles. The molecule has 0 aromatic heterocycles. The third kappa shape index (κ3) is 2.17. The van der Waals surface area contributed by atoms with E-state index >= 15 is 0 Å². The van der Waals surface area contributed by atoms with Crippen molar-refractivity contribution in [3.8, 4) is 39.9 Å². The largest absolute Gasteiger partial charge is 0.507 e. The van der Waals surface area contributed by atoms with E-state index < -0.39 is 0 Å². The van der Waals surface area contributed by atoms with E-state index in [0.717, 1.165) is 28.0 Å². The predicted molar refractivity (Wildman–Crippen MR) is 90.3 cm³/mol. The Kier molecular flexibility index (Phi) is 3.34. The van der Waals surface area contributed by atoms with Crippen LogP contribution in [0.2, 0.25) is 0 Å². The average Bonchev–Trinajstić information content (AvgIpc) is 2.62. The summed E-state index contributed by atoms with van der Waals surface area (Å²) >= 11 is 0. The van der Waals surface area contributed by atoms with Gasteiger partial charge in [0, 0.05) is 17.0 Å². The molecule has 0 atom stereocenters. The molecule has 0 fully saturated rings. The molecule has 0 amide bonds. The molecule has 24 heavy (non-hydrogen) atoms. The molecule has 0 unspecified atom stereocenters. The van der Waals surface area contributed by atoms with Crippen molar-refractivity contribution in [1.82, 2.24) is 0 Å². The number of benzene rings is 3. The molecule has 5 nitrogen and oxygen atoms in total. The van der Waals surface area contributed by atoms with E-state index in [-0.39, 0.29) is 12.5 Å². The summed E-state index contributed by atoms with van der Waals surface area (Å²) in [5.41, 5.74) is 1.87. The molecule has 1 N–H and O–H groups in total. The Bertz CT molecular complexity index is 933. The summed E-state index contributed by atoms with van der Waals surface area (Å²) < 4.78 is 21.7. The number of hydrogen-bond donors (Lipinski definition) is 1. The SMILES string of the molecule is COc1cc2c(O)ccc(-c3ccc4cc3OCO4)c2cc1OC. The van der Waals surface area contributed by atoms with E-state index in [0.29, 0.717) is 16.9 Å². The molecule has 1 aliphatic heterocycles. The van der Waals surface area contributed by atoms with E-state index in [2.05, 4.69) is 0 Å². The minimum Gasteiger partial charge on any atom is -0.507 e. The van der Waals surface area contributed by atoms with E-state index in [4.69, 9.17) is 18.9 Å². The average molecular weight is 324 g/mol. The summed E-state index contributed by atoms with van der Waals surface area (Å²) in [5, 5.41) is 11.8. The van der Waals surface area contributed by atoms with Crippen molar-refractivity contribution in [3.05, 3.63) is 42.5 Å². The summed E-state index contributed by atoms with van der Waals surface area (Å²) in [7, 11) is 3.16. The van der Waals surface area contributed by atoms with Gasteiger partial charge < -0.3 is 24.1 Å². The van der Waals surface area contributed by atoms with Crippen LogP contribution >= 0.6 is 0 Å². The Balaban J connectivity index is 2.01. The van der Waals surface area contributed by atoms with Crippen LogP contribution < -0.4 is 18.9 Å². The lowest BCUT2D eigenvalue weighted by molar-refractivity contribution is 0.106. The molecule has 0 saturated carbocycles. The Labute approximate surface area is 139 Å². The maximum Gasteiger partial charge on any atom is 0.230 e. The van der Waals surface area contributed by atoms with Crippen LogP contribution in [0.5, 0.6) is 28.7 Å². The first-order valence-electron chi connectivity index (χ1n) is 7.49. The van der Waals surface area contributed by atoms with Gasteiger partial charge in [-0.05, 0) is 47.3 Å². The summed E-state index contributed by atoms with van der Waals surface area (Å²) in [5.74, 6) is 2.89. The Morgan fingerprint density at radius 3 is 2.29 bits per heavy atom. The van der Waals surface area contributed by atoms with Gasteiger partial charge in [-0.1, -0.05) is 0 Å². The van der Waals surface area contributed by atoms with Crippen LogP contribution in [0.15, 0.2) is 42.5 Å². The van der Waals surface area contributed by atoms with Crippen molar-refractivity contribution in [2.45, 2.75) is 0 Å². The van der Waals surface area contributed by atoms with Crippen molar-refractivity contribution >= 4 is 10.8 Å². The minimum absolute atomic E-state index is 0.184. The lowest BCUT2D eigenvalue weighted by atomic mass is 9.96. The van der Waals surface area contributed by atoms with Gasteiger partial charge in [0.15, 0.2) is 11.5 Å². The second-order valence-corrected chi connectivity index (χ2v) is 5.45. The molecule has 0 aliphatic carbocycles. The zero-order chi connectivity index (χ0) is 16.7. The number of hydrogen-bond acceptors (Lipinski definition) is 5. The van der Waals surface area contributed by atoms with Crippen molar-refractivity contribution in [2.24, 2.45) is 0 Å². The first-order valence-corrected chi connectivity index (χ1v) is 7.49. The number of aromatic hydroxyl groups is 1. The first kappa shape index (κ1) is 14.5. The highest BCUT2D eigenvalue weighted by Crippen LogP contribution is 2.44. The fourth-order valence-electron chi connectivity index (χ4n) is 2.99. The number of phenolic OH excluding ortho intramolecular Hbond substituents is 1. The topological polar surface area (TPSA) is 57.2 Å². The third-order valence-electron chi connectivity index (χ3n) is 4.18.